The van der Waals surface area contributed by atoms with Crippen molar-refractivity contribution in [2.75, 3.05) is 5.75 Å². The summed E-state index contributed by atoms with van der Waals surface area (Å²) >= 11 is 1.84. The highest BCUT2D eigenvalue weighted by atomic mass is 32.2. The van der Waals surface area contributed by atoms with E-state index in [9.17, 15) is 9.59 Å². The molecule has 2 N–H and O–H groups in total. The highest BCUT2D eigenvalue weighted by Gasteiger charge is 2.11. The van der Waals surface area contributed by atoms with Crippen LogP contribution in [0.1, 0.15) is 42.6 Å². The fourth-order valence-corrected chi connectivity index (χ4v) is 2.32. The number of nitrogens with one attached hydrogen (secondary N) is 1. The molecular weight excluding hydrogens is 274 g/mol. The number of amides is 1. The zero-order chi connectivity index (χ0) is 15.0. The number of carboxylic acid groups (broad SMARTS) is 1. The molecule has 0 aromatic heterocycles. The first kappa shape index (κ1) is 16.6. The maximum atomic E-state index is 12.0. The van der Waals surface area contributed by atoms with Gasteiger partial charge in [-0.1, -0.05) is 19.1 Å². The van der Waals surface area contributed by atoms with E-state index in [2.05, 4.69) is 12.2 Å². The van der Waals surface area contributed by atoms with E-state index in [0.717, 1.165) is 11.5 Å². The third-order valence-corrected chi connectivity index (χ3v) is 3.80. The molecule has 110 valence electrons. The molecule has 0 heterocycles. The lowest BCUT2D eigenvalue weighted by Crippen LogP contribution is -2.32. The number of hydrogen-bond donors (Lipinski definition) is 2. The van der Waals surface area contributed by atoms with E-state index in [1.165, 1.54) is 5.56 Å². The maximum Gasteiger partial charge on any atom is 0.303 e. The van der Waals surface area contributed by atoms with E-state index in [-0.39, 0.29) is 18.4 Å². The lowest BCUT2D eigenvalue weighted by molar-refractivity contribution is -0.137. The van der Waals surface area contributed by atoms with Crippen LogP contribution in [0.2, 0.25) is 0 Å². The van der Waals surface area contributed by atoms with E-state index in [0.29, 0.717) is 12.0 Å². The van der Waals surface area contributed by atoms with Gasteiger partial charge in [0.2, 0.25) is 0 Å². The zero-order valence-electron chi connectivity index (χ0n) is 11.9. The molecule has 1 amide bonds. The van der Waals surface area contributed by atoms with Gasteiger partial charge in [0.25, 0.3) is 5.91 Å². The van der Waals surface area contributed by atoms with Gasteiger partial charge in [-0.3, -0.25) is 9.59 Å². The second-order valence-corrected chi connectivity index (χ2v) is 5.92. The third-order valence-electron chi connectivity index (χ3n) is 2.86. The molecule has 0 saturated carbocycles. The Bertz CT molecular complexity index is 445. The van der Waals surface area contributed by atoms with Gasteiger partial charge in [-0.25, -0.2) is 0 Å². The molecule has 0 aliphatic heterocycles. The van der Waals surface area contributed by atoms with Crippen LogP contribution in [0.5, 0.6) is 0 Å². The van der Waals surface area contributed by atoms with Gasteiger partial charge in [-0.2, -0.15) is 11.8 Å². The first-order valence-electron chi connectivity index (χ1n) is 6.72. The van der Waals surface area contributed by atoms with Gasteiger partial charge >= 0.3 is 5.97 Å². The molecule has 0 aliphatic carbocycles. The van der Waals surface area contributed by atoms with Crippen molar-refractivity contribution in [3.05, 3.63) is 35.4 Å². The minimum Gasteiger partial charge on any atom is -0.481 e. The average molecular weight is 295 g/mol. The minimum atomic E-state index is -0.844. The predicted molar refractivity (Wildman–Crippen MR) is 82.1 cm³/mol. The summed E-state index contributed by atoms with van der Waals surface area (Å²) in [5.74, 6) is 1.03. The van der Waals surface area contributed by atoms with Gasteiger partial charge in [0.15, 0.2) is 0 Å². The lowest BCUT2D eigenvalue weighted by atomic mass is 10.1. The molecular formula is C15H21NO3S. The molecule has 20 heavy (non-hydrogen) atoms. The van der Waals surface area contributed by atoms with Crippen molar-refractivity contribution in [2.24, 2.45) is 0 Å². The molecule has 1 atom stereocenters. The van der Waals surface area contributed by atoms with Gasteiger partial charge < -0.3 is 10.4 Å². The number of carboxylic acids is 1. The first-order valence-corrected chi connectivity index (χ1v) is 7.87. The van der Waals surface area contributed by atoms with Crippen molar-refractivity contribution in [3.63, 3.8) is 0 Å². The smallest absolute Gasteiger partial charge is 0.303 e. The molecule has 0 fully saturated rings. The van der Waals surface area contributed by atoms with Gasteiger partial charge in [0, 0.05) is 23.8 Å². The van der Waals surface area contributed by atoms with E-state index in [1.807, 2.05) is 43.0 Å². The second-order valence-electron chi connectivity index (χ2n) is 4.64. The van der Waals surface area contributed by atoms with Crippen LogP contribution < -0.4 is 5.32 Å². The van der Waals surface area contributed by atoms with Crippen molar-refractivity contribution in [1.82, 2.24) is 5.32 Å². The number of thioether (sulfide) groups is 1. The highest BCUT2D eigenvalue weighted by molar-refractivity contribution is 7.98. The average Bonchev–Trinajstić information content (AvgIpc) is 2.43. The van der Waals surface area contributed by atoms with E-state index < -0.39 is 5.97 Å². The van der Waals surface area contributed by atoms with E-state index >= 15 is 0 Å². The quantitative estimate of drug-likeness (QED) is 0.774. The Morgan fingerprint density at radius 1 is 1.30 bits per heavy atom. The summed E-state index contributed by atoms with van der Waals surface area (Å²) in [7, 11) is 0. The summed E-state index contributed by atoms with van der Waals surface area (Å²) < 4.78 is 0. The first-order chi connectivity index (χ1) is 9.52. The Balaban J connectivity index is 2.48. The maximum absolute atomic E-state index is 12.0. The summed E-state index contributed by atoms with van der Waals surface area (Å²) in [5, 5.41) is 11.4. The molecule has 0 aliphatic rings. The van der Waals surface area contributed by atoms with Crippen LogP contribution in [0, 0.1) is 0 Å². The fraction of sp³-hybridized carbons (Fsp3) is 0.467. The van der Waals surface area contributed by atoms with Crippen LogP contribution in [0.25, 0.3) is 0 Å². The number of rotatable bonds is 8. The summed E-state index contributed by atoms with van der Waals surface area (Å²) in [5.41, 5.74) is 1.81. The molecule has 1 aromatic carbocycles. The van der Waals surface area contributed by atoms with Gasteiger partial charge in [-0.05, 0) is 36.8 Å². The van der Waals surface area contributed by atoms with Crippen molar-refractivity contribution in [2.45, 2.75) is 38.5 Å². The molecule has 1 aromatic rings. The zero-order valence-corrected chi connectivity index (χ0v) is 12.7. The summed E-state index contributed by atoms with van der Waals surface area (Å²) in [6, 6.07) is 7.39. The summed E-state index contributed by atoms with van der Waals surface area (Å²) in [4.78, 5) is 22.4. The van der Waals surface area contributed by atoms with Crippen molar-refractivity contribution < 1.29 is 14.7 Å². The van der Waals surface area contributed by atoms with E-state index in [4.69, 9.17) is 5.11 Å². The summed E-state index contributed by atoms with van der Waals surface area (Å²) in [6.45, 7) is 3.93. The van der Waals surface area contributed by atoms with Crippen LogP contribution in [0.3, 0.4) is 0 Å². The molecule has 4 nitrogen and oxygen atoms in total. The van der Waals surface area contributed by atoms with Crippen LogP contribution in [0.15, 0.2) is 24.3 Å². The van der Waals surface area contributed by atoms with Crippen molar-refractivity contribution in [1.29, 1.82) is 0 Å². The predicted octanol–water partition coefficient (Wildman–Crippen LogP) is 2.92. The third kappa shape index (κ3) is 6.10. The molecule has 1 unspecified atom stereocenters. The number of carbonyl (C=O) groups excluding carboxylic acids is 1. The highest BCUT2D eigenvalue weighted by Crippen LogP contribution is 2.13. The number of benzene rings is 1. The molecule has 0 bridgehead atoms. The van der Waals surface area contributed by atoms with Crippen molar-refractivity contribution >= 4 is 23.6 Å². The summed E-state index contributed by atoms with van der Waals surface area (Å²) in [6.07, 6.45) is 0.501. The topological polar surface area (TPSA) is 66.4 Å². The number of aliphatic carboxylic acids is 1. The second kappa shape index (κ2) is 8.64. The normalized spacial score (nSPS) is 11.9. The lowest BCUT2D eigenvalue weighted by Gasteiger charge is -2.13. The van der Waals surface area contributed by atoms with Crippen LogP contribution in [0.4, 0.5) is 0 Å². The Labute approximate surface area is 124 Å². The molecule has 1 rings (SSSR count). The standard InChI is InChI=1S/C15H21NO3S/c1-3-20-10-12-5-7-13(8-6-12)15(19)16-11(2)4-9-14(17)18/h5-8,11H,3-4,9-10H2,1-2H3,(H,16,19)(H,17,18). The van der Waals surface area contributed by atoms with Crippen molar-refractivity contribution in [3.8, 4) is 0 Å². The molecule has 5 heteroatoms. The Morgan fingerprint density at radius 3 is 2.50 bits per heavy atom. The molecule has 0 saturated heterocycles. The monoisotopic (exact) mass is 295 g/mol. The minimum absolute atomic E-state index is 0.0641. The number of carbonyl (C=O) groups is 2. The van der Waals surface area contributed by atoms with Crippen LogP contribution >= 0.6 is 11.8 Å². The van der Waals surface area contributed by atoms with Crippen LogP contribution in [-0.2, 0) is 10.5 Å². The number of hydrogen-bond acceptors (Lipinski definition) is 3. The van der Waals surface area contributed by atoms with E-state index in [1.54, 1.807) is 0 Å². The van der Waals surface area contributed by atoms with Gasteiger partial charge in [0.1, 0.15) is 0 Å². The van der Waals surface area contributed by atoms with Gasteiger partial charge in [-0.15, -0.1) is 0 Å². The Morgan fingerprint density at radius 2 is 1.95 bits per heavy atom. The fourth-order valence-electron chi connectivity index (χ4n) is 1.69. The van der Waals surface area contributed by atoms with Gasteiger partial charge in [0.05, 0.1) is 0 Å². The SMILES string of the molecule is CCSCc1ccc(C(=O)NC(C)CCC(=O)O)cc1. The molecule has 0 radical (unpaired) electrons. The Hall–Kier alpha value is -1.49. The van der Waals surface area contributed by atoms with Crippen LogP contribution in [-0.4, -0.2) is 28.8 Å². The largest absolute Gasteiger partial charge is 0.481 e. The molecule has 0 spiro atoms. The Kier molecular flexibility index (Phi) is 7.15.